The van der Waals surface area contributed by atoms with Gasteiger partial charge in [-0.2, -0.15) is 4.98 Å². The van der Waals surface area contributed by atoms with Gasteiger partial charge in [0.15, 0.2) is 0 Å². The summed E-state index contributed by atoms with van der Waals surface area (Å²) in [5, 5.41) is 4.06. The predicted molar refractivity (Wildman–Crippen MR) is 90.6 cm³/mol. The second kappa shape index (κ2) is 7.57. The summed E-state index contributed by atoms with van der Waals surface area (Å²) < 4.78 is 5.33. The maximum atomic E-state index is 12.2. The first-order chi connectivity index (χ1) is 11.6. The van der Waals surface area contributed by atoms with E-state index in [0.29, 0.717) is 24.6 Å². The lowest BCUT2D eigenvalue weighted by molar-refractivity contribution is -0.883. The third-order valence-electron chi connectivity index (χ3n) is 4.61. The molecule has 0 unspecified atom stereocenters. The van der Waals surface area contributed by atoms with Crippen LogP contribution in [0.15, 0.2) is 28.8 Å². The van der Waals surface area contributed by atoms with Crippen LogP contribution in [0.4, 0.5) is 0 Å². The van der Waals surface area contributed by atoms with Gasteiger partial charge in [0.25, 0.3) is 0 Å². The highest BCUT2D eigenvalue weighted by Gasteiger charge is 2.21. The van der Waals surface area contributed by atoms with Crippen LogP contribution >= 0.6 is 0 Å². The number of nitrogens with one attached hydrogen (secondary N) is 1. The van der Waals surface area contributed by atoms with Crippen LogP contribution in [0, 0.1) is 6.92 Å². The van der Waals surface area contributed by atoms with E-state index in [-0.39, 0.29) is 5.91 Å². The number of benzene rings is 1. The molecule has 6 nitrogen and oxygen atoms in total. The number of aryl methyl sites for hydroxylation is 2. The minimum absolute atomic E-state index is 0.237. The standard InChI is InChI=1S/C18H24N4O2/c1-14-6-3-4-7-15(14)18-19-16(24-20-18)8-5-9-17(23)22-12-10-21(2)11-13-22/h3-4,6-7H,5,8-13H2,1-2H3/p+1. The van der Waals surface area contributed by atoms with Crippen molar-refractivity contribution in [2.45, 2.75) is 26.2 Å². The Labute approximate surface area is 142 Å². The molecule has 0 atom stereocenters. The van der Waals surface area contributed by atoms with Crippen LogP contribution in [-0.2, 0) is 11.2 Å². The zero-order valence-corrected chi connectivity index (χ0v) is 14.4. The lowest BCUT2D eigenvalue weighted by atomic mass is 10.1. The monoisotopic (exact) mass is 329 g/mol. The van der Waals surface area contributed by atoms with Gasteiger partial charge in [0.1, 0.15) is 0 Å². The Hall–Kier alpha value is -2.21. The molecular weight excluding hydrogens is 304 g/mol. The van der Waals surface area contributed by atoms with Gasteiger partial charge in [0.05, 0.1) is 33.2 Å². The van der Waals surface area contributed by atoms with E-state index in [1.165, 1.54) is 4.90 Å². The van der Waals surface area contributed by atoms with Crippen molar-refractivity contribution in [2.24, 2.45) is 0 Å². The van der Waals surface area contributed by atoms with E-state index in [1.807, 2.05) is 36.1 Å². The van der Waals surface area contributed by atoms with E-state index in [4.69, 9.17) is 4.52 Å². The van der Waals surface area contributed by atoms with Crippen LogP contribution in [0.5, 0.6) is 0 Å². The van der Waals surface area contributed by atoms with Crippen molar-refractivity contribution < 1.29 is 14.2 Å². The van der Waals surface area contributed by atoms with Crippen molar-refractivity contribution in [3.05, 3.63) is 35.7 Å². The number of carbonyl (C=O) groups is 1. The quantitative estimate of drug-likeness (QED) is 0.878. The molecule has 0 spiro atoms. The number of hydrogen-bond acceptors (Lipinski definition) is 4. The minimum Gasteiger partial charge on any atom is -0.339 e. The third-order valence-corrected chi connectivity index (χ3v) is 4.61. The van der Waals surface area contributed by atoms with Gasteiger partial charge in [-0.1, -0.05) is 29.4 Å². The van der Waals surface area contributed by atoms with E-state index >= 15 is 0 Å². The summed E-state index contributed by atoms with van der Waals surface area (Å²) in [5.41, 5.74) is 2.11. The molecule has 1 aromatic heterocycles. The highest BCUT2D eigenvalue weighted by atomic mass is 16.5. The average Bonchev–Trinajstić information content (AvgIpc) is 3.04. The predicted octanol–water partition coefficient (Wildman–Crippen LogP) is 0.725. The number of nitrogens with zero attached hydrogens (tertiary/aromatic N) is 3. The van der Waals surface area contributed by atoms with Gasteiger partial charge >= 0.3 is 0 Å². The maximum Gasteiger partial charge on any atom is 0.226 e. The molecule has 1 saturated heterocycles. The summed E-state index contributed by atoms with van der Waals surface area (Å²) >= 11 is 0. The molecule has 0 bridgehead atoms. The zero-order valence-electron chi connectivity index (χ0n) is 14.4. The molecule has 1 aliphatic rings. The summed E-state index contributed by atoms with van der Waals surface area (Å²) in [6, 6.07) is 7.98. The van der Waals surface area contributed by atoms with Gasteiger partial charge in [0.2, 0.25) is 17.6 Å². The molecule has 0 saturated carbocycles. The summed E-state index contributed by atoms with van der Waals surface area (Å²) in [5.74, 6) is 1.46. The molecule has 6 heteroatoms. The molecule has 24 heavy (non-hydrogen) atoms. The maximum absolute atomic E-state index is 12.2. The Bertz CT molecular complexity index is 690. The summed E-state index contributed by atoms with van der Waals surface area (Å²) in [4.78, 5) is 20.1. The van der Waals surface area contributed by atoms with Crippen LogP contribution < -0.4 is 4.90 Å². The molecule has 0 radical (unpaired) electrons. The number of carbonyl (C=O) groups excluding carboxylic acids is 1. The van der Waals surface area contributed by atoms with Crippen molar-refractivity contribution in [1.82, 2.24) is 15.0 Å². The smallest absolute Gasteiger partial charge is 0.226 e. The van der Waals surface area contributed by atoms with Crippen molar-refractivity contribution in [1.29, 1.82) is 0 Å². The van der Waals surface area contributed by atoms with E-state index in [2.05, 4.69) is 17.2 Å². The first-order valence-electron chi connectivity index (χ1n) is 8.61. The van der Waals surface area contributed by atoms with Crippen LogP contribution in [-0.4, -0.2) is 54.2 Å². The fraction of sp³-hybridized carbons (Fsp3) is 0.500. The first kappa shape index (κ1) is 16.6. The number of likely N-dealkylation sites (N-methyl/N-ethyl adjacent to an activating group) is 1. The summed E-state index contributed by atoms with van der Waals surface area (Å²) in [6.07, 6.45) is 1.93. The largest absolute Gasteiger partial charge is 0.339 e. The molecule has 1 N–H and O–H groups in total. The molecule has 3 rings (SSSR count). The van der Waals surface area contributed by atoms with E-state index < -0.39 is 0 Å². The molecule has 1 aliphatic heterocycles. The van der Waals surface area contributed by atoms with E-state index in [9.17, 15) is 4.79 Å². The number of hydrogen-bond donors (Lipinski definition) is 1. The van der Waals surface area contributed by atoms with Crippen LogP contribution in [0.2, 0.25) is 0 Å². The Morgan fingerprint density at radius 2 is 2.04 bits per heavy atom. The highest BCUT2D eigenvalue weighted by molar-refractivity contribution is 5.76. The summed E-state index contributed by atoms with van der Waals surface area (Å²) in [7, 11) is 2.17. The second-order valence-electron chi connectivity index (χ2n) is 6.52. The molecule has 0 aliphatic carbocycles. The average molecular weight is 329 g/mol. The number of amides is 1. The molecule has 128 valence electrons. The Morgan fingerprint density at radius 1 is 1.29 bits per heavy atom. The molecule has 1 aromatic carbocycles. The fourth-order valence-electron chi connectivity index (χ4n) is 2.98. The normalized spacial score (nSPS) is 15.7. The fourth-order valence-corrected chi connectivity index (χ4v) is 2.98. The van der Waals surface area contributed by atoms with Gasteiger partial charge in [0, 0.05) is 18.4 Å². The van der Waals surface area contributed by atoms with Gasteiger partial charge in [-0.3, -0.25) is 4.79 Å². The van der Waals surface area contributed by atoms with Crippen LogP contribution in [0.25, 0.3) is 11.4 Å². The molecule has 1 fully saturated rings. The zero-order chi connectivity index (χ0) is 16.9. The molecular formula is C18H25N4O2+. The SMILES string of the molecule is Cc1ccccc1-c1noc(CCCC(=O)N2CC[NH+](C)CC2)n1. The van der Waals surface area contributed by atoms with Crippen LogP contribution in [0.3, 0.4) is 0 Å². The number of piperazine rings is 1. The first-order valence-corrected chi connectivity index (χ1v) is 8.61. The molecule has 2 aromatic rings. The van der Waals surface area contributed by atoms with Gasteiger partial charge in [-0.25, -0.2) is 0 Å². The minimum atomic E-state index is 0.237. The lowest BCUT2D eigenvalue weighted by Gasteiger charge is -2.30. The Morgan fingerprint density at radius 3 is 2.79 bits per heavy atom. The topological polar surface area (TPSA) is 63.7 Å². The lowest BCUT2D eigenvalue weighted by Crippen LogP contribution is -3.12. The van der Waals surface area contributed by atoms with E-state index in [0.717, 1.165) is 43.7 Å². The number of rotatable bonds is 5. The molecule has 2 heterocycles. The van der Waals surface area contributed by atoms with Crippen molar-refractivity contribution in [3.63, 3.8) is 0 Å². The van der Waals surface area contributed by atoms with Crippen molar-refractivity contribution >= 4 is 5.91 Å². The number of aromatic nitrogens is 2. The summed E-state index contributed by atoms with van der Waals surface area (Å²) in [6.45, 7) is 5.83. The number of quaternary nitrogens is 1. The van der Waals surface area contributed by atoms with Crippen LogP contribution in [0.1, 0.15) is 24.3 Å². The van der Waals surface area contributed by atoms with Gasteiger partial charge in [-0.15, -0.1) is 0 Å². The van der Waals surface area contributed by atoms with Crippen molar-refractivity contribution in [2.75, 3.05) is 33.2 Å². The third kappa shape index (κ3) is 4.00. The van der Waals surface area contributed by atoms with Crippen molar-refractivity contribution in [3.8, 4) is 11.4 Å². The Balaban J connectivity index is 1.49. The Kier molecular flexibility index (Phi) is 5.25. The van der Waals surface area contributed by atoms with Gasteiger partial charge < -0.3 is 14.3 Å². The van der Waals surface area contributed by atoms with Gasteiger partial charge in [-0.05, 0) is 18.9 Å². The second-order valence-corrected chi connectivity index (χ2v) is 6.52. The molecule has 1 amide bonds. The van der Waals surface area contributed by atoms with E-state index in [1.54, 1.807) is 0 Å². The highest BCUT2D eigenvalue weighted by Crippen LogP contribution is 2.20.